The van der Waals surface area contributed by atoms with E-state index in [9.17, 15) is 19.8 Å². The van der Waals surface area contributed by atoms with Gasteiger partial charge in [0.15, 0.2) is 0 Å². The van der Waals surface area contributed by atoms with Gasteiger partial charge in [-0.3, -0.25) is 9.59 Å². The first-order valence-corrected chi connectivity index (χ1v) is 32.5. The maximum Gasteiger partial charge on any atom is 0.305 e. The number of hydrogen-bond donors (Lipinski definition) is 3. The maximum absolute atomic E-state index is 12.5. The number of aliphatic hydroxyl groups is 2. The molecule has 2 unspecified atom stereocenters. The Labute approximate surface area is 444 Å². The summed E-state index contributed by atoms with van der Waals surface area (Å²) in [6.45, 7) is 4.93. The van der Waals surface area contributed by atoms with Crippen LogP contribution in [-0.4, -0.2) is 47.4 Å². The molecule has 0 aliphatic carbocycles. The summed E-state index contributed by atoms with van der Waals surface area (Å²) < 4.78 is 5.50. The Bertz CT molecular complexity index is 1060. The highest BCUT2D eigenvalue weighted by Gasteiger charge is 2.18. The molecule has 0 fully saturated rings. The van der Waals surface area contributed by atoms with E-state index in [0.29, 0.717) is 19.4 Å². The van der Waals surface area contributed by atoms with Gasteiger partial charge in [0.1, 0.15) is 0 Å². The van der Waals surface area contributed by atoms with E-state index in [1.54, 1.807) is 6.08 Å². The Kier molecular flexibility index (Phi) is 59.9. The molecule has 0 aliphatic rings. The molecule has 0 rings (SSSR count). The SMILES string of the molecule is CCCCCCCCCCCCCCCCCCCC/C=C/C(O)C(CO)NC(=O)CCCCCCCCCCCCCCCCCOC(=O)CCCCCCCCCCCCCCCCCCCCC. The Morgan fingerprint density at radius 2 is 0.648 bits per heavy atom. The van der Waals surface area contributed by atoms with Crippen LogP contribution in [0.15, 0.2) is 12.2 Å². The highest BCUT2D eigenvalue weighted by Crippen LogP contribution is 2.18. The third-order valence-corrected chi connectivity index (χ3v) is 15.3. The van der Waals surface area contributed by atoms with Crippen molar-refractivity contribution in [3.63, 3.8) is 0 Å². The van der Waals surface area contributed by atoms with Gasteiger partial charge in [-0.15, -0.1) is 0 Å². The molecule has 6 nitrogen and oxygen atoms in total. The summed E-state index contributed by atoms with van der Waals surface area (Å²) in [5, 5.41) is 23.2. The number of rotatable bonds is 61. The van der Waals surface area contributed by atoms with E-state index in [4.69, 9.17) is 4.74 Å². The van der Waals surface area contributed by atoms with Crippen LogP contribution >= 0.6 is 0 Å². The first-order valence-electron chi connectivity index (χ1n) is 32.5. The number of amides is 1. The zero-order chi connectivity index (χ0) is 51.4. The van der Waals surface area contributed by atoms with E-state index in [1.807, 2.05) is 6.08 Å². The zero-order valence-electron chi connectivity index (χ0n) is 48.2. The normalized spacial score (nSPS) is 12.6. The molecule has 0 aromatic heterocycles. The standard InChI is InChI=1S/C65H127NO5/c1-3-5-7-9-11-13-15-17-19-21-23-25-26-29-33-37-41-45-49-53-57-63(68)62(61-67)66-64(69)58-54-50-46-42-38-34-30-28-32-36-40-44-48-52-56-60-71-65(70)59-55-51-47-43-39-35-31-27-24-22-20-18-16-14-12-10-8-6-4-2/h53,57,62-63,67-68H,3-52,54-56,58-61H2,1-2H3,(H,66,69)/b57-53+. The fourth-order valence-corrected chi connectivity index (χ4v) is 10.3. The monoisotopic (exact) mass is 1000 g/mol. The average Bonchev–Trinajstić information content (AvgIpc) is 3.37. The molecule has 2 atom stereocenters. The number of carbonyl (C=O) groups excluding carboxylic acids is 2. The molecule has 3 N–H and O–H groups in total. The van der Waals surface area contributed by atoms with Crippen molar-refractivity contribution < 1.29 is 24.5 Å². The Morgan fingerprint density at radius 3 is 0.958 bits per heavy atom. The van der Waals surface area contributed by atoms with Gasteiger partial charge in [-0.05, 0) is 32.1 Å². The van der Waals surface area contributed by atoms with Crippen LogP contribution in [0.2, 0.25) is 0 Å². The Hall–Kier alpha value is -1.40. The second-order valence-electron chi connectivity index (χ2n) is 22.5. The molecule has 0 saturated heterocycles. The summed E-state index contributed by atoms with van der Waals surface area (Å²) in [5.41, 5.74) is 0. The number of aliphatic hydroxyl groups excluding tert-OH is 2. The summed E-state index contributed by atoms with van der Waals surface area (Å²) in [6, 6.07) is -0.634. The van der Waals surface area contributed by atoms with Crippen molar-refractivity contribution in [1.29, 1.82) is 0 Å². The number of unbranched alkanes of at least 4 members (excludes halogenated alkanes) is 50. The van der Waals surface area contributed by atoms with E-state index >= 15 is 0 Å². The Balaban J connectivity index is 3.42. The van der Waals surface area contributed by atoms with E-state index in [0.717, 1.165) is 44.9 Å². The van der Waals surface area contributed by atoms with Crippen LogP contribution in [-0.2, 0) is 14.3 Å². The van der Waals surface area contributed by atoms with Crippen LogP contribution < -0.4 is 5.32 Å². The molecular formula is C65H127NO5. The summed E-state index contributed by atoms with van der Waals surface area (Å²) in [5.74, 6) is -0.0668. The van der Waals surface area contributed by atoms with Gasteiger partial charge in [0.05, 0.1) is 25.4 Å². The van der Waals surface area contributed by atoms with Crippen LogP contribution in [0.1, 0.15) is 367 Å². The number of allylic oxidation sites excluding steroid dienone is 1. The lowest BCUT2D eigenvalue weighted by Gasteiger charge is -2.20. The summed E-state index contributed by atoms with van der Waals surface area (Å²) in [6.07, 6.45) is 74.0. The molecule has 0 aliphatic heterocycles. The third kappa shape index (κ3) is 57.7. The first kappa shape index (κ1) is 69.6. The predicted octanol–water partition coefficient (Wildman–Crippen LogP) is 20.4. The van der Waals surface area contributed by atoms with Crippen LogP contribution in [0.4, 0.5) is 0 Å². The molecule has 0 spiro atoms. The second kappa shape index (κ2) is 61.1. The van der Waals surface area contributed by atoms with Gasteiger partial charge in [0.2, 0.25) is 5.91 Å². The minimum Gasteiger partial charge on any atom is -0.466 e. The van der Waals surface area contributed by atoms with Crippen molar-refractivity contribution in [1.82, 2.24) is 5.32 Å². The number of esters is 1. The zero-order valence-corrected chi connectivity index (χ0v) is 48.2. The van der Waals surface area contributed by atoms with Gasteiger partial charge >= 0.3 is 5.97 Å². The minimum atomic E-state index is -0.850. The van der Waals surface area contributed by atoms with E-state index in [1.165, 1.54) is 295 Å². The number of carbonyl (C=O) groups is 2. The molecule has 0 bridgehead atoms. The third-order valence-electron chi connectivity index (χ3n) is 15.3. The Morgan fingerprint density at radius 1 is 0.380 bits per heavy atom. The lowest BCUT2D eigenvalue weighted by atomic mass is 10.0. The van der Waals surface area contributed by atoms with Crippen molar-refractivity contribution in [3.05, 3.63) is 12.2 Å². The molecule has 0 aromatic carbocycles. The van der Waals surface area contributed by atoms with Crippen LogP contribution in [0, 0.1) is 0 Å². The highest BCUT2D eigenvalue weighted by molar-refractivity contribution is 5.76. The quantitative estimate of drug-likeness (QED) is 0.0320. The molecule has 1 amide bonds. The smallest absolute Gasteiger partial charge is 0.305 e. The summed E-state index contributed by atoms with van der Waals surface area (Å²) in [7, 11) is 0. The fraction of sp³-hybridized carbons (Fsp3) is 0.938. The van der Waals surface area contributed by atoms with Crippen molar-refractivity contribution in [3.8, 4) is 0 Å². The van der Waals surface area contributed by atoms with Crippen LogP contribution in [0.3, 0.4) is 0 Å². The number of nitrogens with one attached hydrogen (secondary N) is 1. The molecule has 422 valence electrons. The van der Waals surface area contributed by atoms with Gasteiger partial charge in [0.25, 0.3) is 0 Å². The van der Waals surface area contributed by atoms with Gasteiger partial charge in [-0.2, -0.15) is 0 Å². The van der Waals surface area contributed by atoms with Gasteiger partial charge in [0, 0.05) is 12.8 Å². The second-order valence-corrected chi connectivity index (χ2v) is 22.5. The number of ether oxygens (including phenoxy) is 1. The van der Waals surface area contributed by atoms with Crippen molar-refractivity contribution in [2.75, 3.05) is 13.2 Å². The lowest BCUT2D eigenvalue weighted by Crippen LogP contribution is -2.45. The average molecular weight is 1000 g/mol. The lowest BCUT2D eigenvalue weighted by molar-refractivity contribution is -0.143. The molecule has 0 heterocycles. The molecule has 6 heteroatoms. The summed E-state index contributed by atoms with van der Waals surface area (Å²) >= 11 is 0. The minimum absolute atomic E-state index is 0.00544. The first-order chi connectivity index (χ1) is 35.0. The van der Waals surface area contributed by atoms with Gasteiger partial charge in [-0.25, -0.2) is 0 Å². The van der Waals surface area contributed by atoms with Crippen molar-refractivity contribution in [2.24, 2.45) is 0 Å². The van der Waals surface area contributed by atoms with Crippen LogP contribution in [0.5, 0.6) is 0 Å². The molecular weight excluding hydrogens is 875 g/mol. The van der Waals surface area contributed by atoms with Crippen molar-refractivity contribution in [2.45, 2.75) is 379 Å². The molecule has 71 heavy (non-hydrogen) atoms. The molecule has 0 saturated carbocycles. The van der Waals surface area contributed by atoms with E-state index in [-0.39, 0.29) is 18.5 Å². The van der Waals surface area contributed by atoms with E-state index in [2.05, 4.69) is 19.2 Å². The topological polar surface area (TPSA) is 95.9 Å². The molecule has 0 radical (unpaired) electrons. The largest absolute Gasteiger partial charge is 0.466 e. The highest BCUT2D eigenvalue weighted by atomic mass is 16.5. The maximum atomic E-state index is 12.5. The van der Waals surface area contributed by atoms with Gasteiger partial charge < -0.3 is 20.3 Å². The number of hydrogen-bond acceptors (Lipinski definition) is 5. The van der Waals surface area contributed by atoms with Crippen LogP contribution in [0.25, 0.3) is 0 Å². The molecule has 0 aromatic rings. The van der Waals surface area contributed by atoms with Crippen molar-refractivity contribution >= 4 is 11.9 Å². The van der Waals surface area contributed by atoms with E-state index < -0.39 is 12.1 Å². The fourth-order valence-electron chi connectivity index (χ4n) is 10.3. The summed E-state index contributed by atoms with van der Waals surface area (Å²) in [4.78, 5) is 24.6. The van der Waals surface area contributed by atoms with Gasteiger partial charge in [-0.1, -0.05) is 334 Å². The predicted molar refractivity (Wildman–Crippen MR) is 310 cm³/mol.